The van der Waals surface area contributed by atoms with Crippen molar-refractivity contribution >= 4 is 0 Å². The minimum Gasteiger partial charge on any atom is -0.378 e. The van der Waals surface area contributed by atoms with Gasteiger partial charge in [-0.15, -0.1) is 0 Å². The Labute approximate surface area is 70.1 Å². The van der Waals surface area contributed by atoms with Gasteiger partial charge in [-0.05, 0) is 13.3 Å². The van der Waals surface area contributed by atoms with E-state index in [9.17, 15) is 8.78 Å². The monoisotopic (exact) mass is 177 g/mol. The minimum atomic E-state index is -2.65. The fourth-order valence-electron chi connectivity index (χ4n) is 2.13. The Hall–Kier alpha value is -0.220. The summed E-state index contributed by atoms with van der Waals surface area (Å²) in [5.74, 6) is -2.81. The van der Waals surface area contributed by atoms with E-state index in [1.54, 1.807) is 0 Å². The highest BCUT2D eigenvalue weighted by Crippen LogP contribution is 2.57. The number of rotatable bonds is 1. The third-order valence-corrected chi connectivity index (χ3v) is 3.11. The third kappa shape index (κ3) is 0.910. The normalized spacial score (nSPS) is 51.0. The molecular weight excluding hydrogens is 164 g/mol. The van der Waals surface area contributed by atoms with Crippen LogP contribution in [0.15, 0.2) is 0 Å². The second-order valence-corrected chi connectivity index (χ2v) is 3.89. The van der Waals surface area contributed by atoms with E-state index in [4.69, 9.17) is 10.5 Å². The number of hydrogen-bond acceptors (Lipinski definition) is 2. The van der Waals surface area contributed by atoms with Gasteiger partial charge in [0, 0.05) is 18.9 Å². The molecule has 2 fully saturated rings. The van der Waals surface area contributed by atoms with Crippen molar-refractivity contribution in [3.8, 4) is 0 Å². The van der Waals surface area contributed by atoms with Crippen LogP contribution in [0.5, 0.6) is 0 Å². The van der Waals surface area contributed by atoms with E-state index in [1.165, 1.54) is 0 Å². The van der Waals surface area contributed by atoms with Crippen LogP contribution in [0.1, 0.15) is 19.8 Å². The molecule has 2 nitrogen and oxygen atoms in total. The first-order valence-corrected chi connectivity index (χ1v) is 4.26. The maximum atomic E-state index is 12.8. The van der Waals surface area contributed by atoms with Crippen molar-refractivity contribution in [1.29, 1.82) is 0 Å². The largest absolute Gasteiger partial charge is 0.378 e. The van der Waals surface area contributed by atoms with Crippen molar-refractivity contribution in [3.05, 3.63) is 0 Å². The Balaban J connectivity index is 2.11. The number of nitrogens with two attached hydrogens (primary N) is 1. The third-order valence-electron chi connectivity index (χ3n) is 3.11. The zero-order chi connectivity index (χ0) is 8.98. The molecule has 0 aromatic heterocycles. The lowest BCUT2D eigenvalue weighted by Crippen LogP contribution is -2.41. The molecule has 0 bridgehead atoms. The van der Waals surface area contributed by atoms with Crippen LogP contribution in [0.3, 0.4) is 0 Å². The van der Waals surface area contributed by atoms with Crippen molar-refractivity contribution in [2.24, 2.45) is 11.7 Å². The van der Waals surface area contributed by atoms with E-state index in [2.05, 4.69) is 0 Å². The molecule has 1 saturated heterocycles. The summed E-state index contributed by atoms with van der Waals surface area (Å²) in [4.78, 5) is 0. The lowest BCUT2D eigenvalue weighted by Gasteiger charge is -2.21. The van der Waals surface area contributed by atoms with Gasteiger partial charge in [0.05, 0.1) is 11.6 Å². The molecule has 0 aromatic carbocycles. The summed E-state index contributed by atoms with van der Waals surface area (Å²) in [5, 5.41) is 0. The van der Waals surface area contributed by atoms with Gasteiger partial charge in [0.15, 0.2) is 0 Å². The molecule has 1 aliphatic carbocycles. The van der Waals surface area contributed by atoms with Crippen molar-refractivity contribution in [2.45, 2.75) is 37.3 Å². The maximum absolute atomic E-state index is 12.8. The molecule has 0 aromatic rings. The van der Waals surface area contributed by atoms with Crippen LogP contribution >= 0.6 is 0 Å². The molecule has 1 aliphatic heterocycles. The van der Waals surface area contributed by atoms with E-state index in [1.807, 2.05) is 6.92 Å². The van der Waals surface area contributed by atoms with Gasteiger partial charge in [0.25, 0.3) is 5.92 Å². The van der Waals surface area contributed by atoms with Gasteiger partial charge in [-0.1, -0.05) is 0 Å². The average Bonchev–Trinajstić information content (AvgIpc) is 2.36. The Bertz CT molecular complexity index is 209. The molecule has 1 saturated carbocycles. The number of halogens is 2. The van der Waals surface area contributed by atoms with Crippen molar-refractivity contribution in [1.82, 2.24) is 0 Å². The van der Waals surface area contributed by atoms with E-state index in [-0.39, 0.29) is 18.4 Å². The highest BCUT2D eigenvalue weighted by molar-refractivity contribution is 5.20. The zero-order valence-corrected chi connectivity index (χ0v) is 7.02. The van der Waals surface area contributed by atoms with E-state index < -0.39 is 11.5 Å². The molecule has 4 heteroatoms. The predicted molar refractivity (Wildman–Crippen MR) is 40.0 cm³/mol. The van der Waals surface area contributed by atoms with E-state index in [0.29, 0.717) is 13.0 Å². The minimum absolute atomic E-state index is 0.108. The summed E-state index contributed by atoms with van der Waals surface area (Å²) in [5.41, 5.74) is 4.33. The lowest BCUT2D eigenvalue weighted by molar-refractivity contribution is 0.0458. The Morgan fingerprint density at radius 1 is 1.50 bits per heavy atom. The first-order chi connectivity index (χ1) is 5.47. The van der Waals surface area contributed by atoms with Gasteiger partial charge in [-0.3, -0.25) is 0 Å². The number of ether oxygens (including phenoxy) is 1. The lowest BCUT2D eigenvalue weighted by atomic mass is 9.91. The fourth-order valence-corrected chi connectivity index (χ4v) is 2.13. The molecule has 2 rings (SSSR count). The standard InChI is InChI=1S/C8H13F2NO/c1-5-6(2-3-12-5)7(11)4-8(7,9)10/h5-6H,2-4,11H2,1H3. The van der Waals surface area contributed by atoms with Gasteiger partial charge >= 0.3 is 0 Å². The van der Waals surface area contributed by atoms with Gasteiger partial charge in [-0.2, -0.15) is 0 Å². The smallest absolute Gasteiger partial charge is 0.268 e. The molecule has 2 N–H and O–H groups in total. The molecular formula is C8H13F2NO. The average molecular weight is 177 g/mol. The SMILES string of the molecule is CC1OCCC1C1(N)CC1(F)F. The first kappa shape index (κ1) is 8.38. The Morgan fingerprint density at radius 2 is 2.08 bits per heavy atom. The van der Waals surface area contributed by atoms with Crippen LogP contribution in [-0.2, 0) is 4.74 Å². The molecule has 0 spiro atoms. The molecule has 2 aliphatic rings. The quantitative estimate of drug-likeness (QED) is 0.652. The summed E-state index contributed by atoms with van der Waals surface area (Å²) < 4.78 is 30.9. The van der Waals surface area contributed by atoms with Crippen LogP contribution in [0.4, 0.5) is 8.78 Å². The van der Waals surface area contributed by atoms with Gasteiger partial charge < -0.3 is 10.5 Å². The second kappa shape index (κ2) is 2.17. The Kier molecular flexibility index (Phi) is 1.52. The van der Waals surface area contributed by atoms with E-state index in [0.717, 1.165) is 0 Å². The summed E-state index contributed by atoms with van der Waals surface area (Å²) >= 11 is 0. The molecule has 70 valence electrons. The summed E-state index contributed by atoms with van der Waals surface area (Å²) in [6.45, 7) is 2.39. The van der Waals surface area contributed by atoms with Crippen LogP contribution in [0, 0.1) is 5.92 Å². The van der Waals surface area contributed by atoms with Gasteiger partial charge in [0.1, 0.15) is 0 Å². The molecule has 1 heterocycles. The summed E-state index contributed by atoms with van der Waals surface area (Å²) in [7, 11) is 0. The van der Waals surface area contributed by atoms with Crippen molar-refractivity contribution < 1.29 is 13.5 Å². The van der Waals surface area contributed by atoms with Crippen LogP contribution in [-0.4, -0.2) is 24.2 Å². The second-order valence-electron chi connectivity index (χ2n) is 3.89. The number of alkyl halides is 2. The van der Waals surface area contributed by atoms with Gasteiger partial charge in [-0.25, -0.2) is 8.78 Å². The molecule has 0 amide bonds. The molecule has 0 radical (unpaired) electrons. The summed E-state index contributed by atoms with van der Waals surface area (Å²) in [6, 6.07) is 0. The topological polar surface area (TPSA) is 35.2 Å². The van der Waals surface area contributed by atoms with Crippen LogP contribution < -0.4 is 5.73 Å². The highest BCUT2D eigenvalue weighted by Gasteiger charge is 2.73. The highest BCUT2D eigenvalue weighted by atomic mass is 19.3. The fraction of sp³-hybridized carbons (Fsp3) is 1.00. The van der Waals surface area contributed by atoms with Crippen molar-refractivity contribution in [3.63, 3.8) is 0 Å². The molecule has 3 unspecified atom stereocenters. The number of hydrogen-bond donors (Lipinski definition) is 1. The van der Waals surface area contributed by atoms with Gasteiger partial charge in [0.2, 0.25) is 0 Å². The molecule has 12 heavy (non-hydrogen) atoms. The summed E-state index contributed by atoms with van der Waals surface area (Å²) in [6.07, 6.45) is 0.398. The first-order valence-electron chi connectivity index (χ1n) is 4.26. The molecule has 3 atom stereocenters. The van der Waals surface area contributed by atoms with E-state index >= 15 is 0 Å². The van der Waals surface area contributed by atoms with Crippen molar-refractivity contribution in [2.75, 3.05) is 6.61 Å². The predicted octanol–water partition coefficient (Wildman–Crippen LogP) is 1.15. The van der Waals surface area contributed by atoms with Crippen LogP contribution in [0.2, 0.25) is 0 Å². The zero-order valence-electron chi connectivity index (χ0n) is 7.02. The Morgan fingerprint density at radius 3 is 2.42 bits per heavy atom. The van der Waals surface area contributed by atoms with Crippen LogP contribution in [0.25, 0.3) is 0 Å². The maximum Gasteiger partial charge on any atom is 0.268 e.